The number of benzene rings is 3. The second-order valence-electron chi connectivity index (χ2n) is 5.94. The molecule has 118 valence electrons. The molecule has 0 heterocycles. The van der Waals surface area contributed by atoms with E-state index in [2.05, 4.69) is 61.3 Å². The average Bonchev–Trinajstić information content (AvgIpc) is 2.57. The van der Waals surface area contributed by atoms with Gasteiger partial charge in [0, 0.05) is 17.6 Å². The van der Waals surface area contributed by atoms with Gasteiger partial charge in [-0.2, -0.15) is 0 Å². The van der Waals surface area contributed by atoms with E-state index in [1.54, 1.807) is 18.2 Å². The lowest BCUT2D eigenvalue weighted by Gasteiger charge is -2.26. The third kappa shape index (κ3) is 3.34. The van der Waals surface area contributed by atoms with Crippen molar-refractivity contribution in [2.75, 3.05) is 7.05 Å². The number of hydrogen-bond donors (Lipinski definition) is 1. The summed E-state index contributed by atoms with van der Waals surface area (Å²) < 4.78 is 0. The quantitative estimate of drug-likeness (QED) is 0.695. The molecule has 0 saturated carbocycles. The molecule has 0 amide bonds. The van der Waals surface area contributed by atoms with Crippen molar-refractivity contribution >= 4 is 22.4 Å². The van der Waals surface area contributed by atoms with Crippen LogP contribution in [-0.2, 0) is 6.54 Å². The SMILES string of the molecule is C[C@H](c1cccc2ccccc12)N(C)Cc1cc(O)ccc1Cl. The number of fused-ring (bicyclic) bond motifs is 1. The van der Waals surface area contributed by atoms with Gasteiger partial charge in [0.1, 0.15) is 5.75 Å². The zero-order valence-corrected chi connectivity index (χ0v) is 14.1. The lowest BCUT2D eigenvalue weighted by atomic mass is 9.98. The van der Waals surface area contributed by atoms with Gasteiger partial charge < -0.3 is 5.11 Å². The molecule has 3 heteroatoms. The van der Waals surface area contributed by atoms with E-state index in [9.17, 15) is 5.11 Å². The average molecular weight is 326 g/mol. The first-order chi connectivity index (χ1) is 11.1. The highest BCUT2D eigenvalue weighted by Gasteiger charge is 2.15. The summed E-state index contributed by atoms with van der Waals surface area (Å²) in [6.45, 7) is 2.87. The Morgan fingerprint density at radius 3 is 2.61 bits per heavy atom. The molecule has 23 heavy (non-hydrogen) atoms. The number of phenolic OH excluding ortho intramolecular Hbond substituents is 1. The van der Waals surface area contributed by atoms with Crippen LogP contribution in [0.1, 0.15) is 24.1 Å². The second-order valence-corrected chi connectivity index (χ2v) is 6.34. The van der Waals surface area contributed by atoms with E-state index in [-0.39, 0.29) is 11.8 Å². The van der Waals surface area contributed by atoms with Gasteiger partial charge in [0.15, 0.2) is 0 Å². The van der Waals surface area contributed by atoms with Crippen molar-refractivity contribution in [3.05, 3.63) is 76.8 Å². The summed E-state index contributed by atoms with van der Waals surface area (Å²) in [6.07, 6.45) is 0. The van der Waals surface area contributed by atoms with Gasteiger partial charge in [0.25, 0.3) is 0 Å². The first-order valence-electron chi connectivity index (χ1n) is 7.71. The van der Waals surface area contributed by atoms with E-state index in [0.717, 1.165) is 5.56 Å². The van der Waals surface area contributed by atoms with Crippen LogP contribution in [0.4, 0.5) is 0 Å². The van der Waals surface area contributed by atoms with E-state index >= 15 is 0 Å². The van der Waals surface area contributed by atoms with E-state index in [1.165, 1.54) is 16.3 Å². The normalized spacial score (nSPS) is 12.7. The van der Waals surface area contributed by atoms with Gasteiger partial charge in [-0.1, -0.05) is 54.1 Å². The van der Waals surface area contributed by atoms with Crippen molar-refractivity contribution in [3.63, 3.8) is 0 Å². The van der Waals surface area contributed by atoms with Crippen molar-refractivity contribution in [2.45, 2.75) is 19.5 Å². The third-order valence-electron chi connectivity index (χ3n) is 4.38. The first-order valence-corrected chi connectivity index (χ1v) is 8.09. The molecule has 0 unspecified atom stereocenters. The van der Waals surface area contributed by atoms with Crippen LogP contribution in [0.2, 0.25) is 5.02 Å². The second kappa shape index (κ2) is 6.61. The van der Waals surface area contributed by atoms with Gasteiger partial charge in [-0.15, -0.1) is 0 Å². The van der Waals surface area contributed by atoms with Gasteiger partial charge in [0.2, 0.25) is 0 Å². The van der Waals surface area contributed by atoms with Crippen LogP contribution in [0.25, 0.3) is 10.8 Å². The number of hydrogen-bond acceptors (Lipinski definition) is 2. The Balaban J connectivity index is 1.89. The van der Waals surface area contributed by atoms with Gasteiger partial charge in [0.05, 0.1) is 0 Å². The maximum absolute atomic E-state index is 9.67. The summed E-state index contributed by atoms with van der Waals surface area (Å²) in [7, 11) is 2.08. The zero-order valence-electron chi connectivity index (χ0n) is 13.3. The molecule has 0 bridgehead atoms. The molecule has 3 aromatic carbocycles. The molecule has 3 rings (SSSR count). The van der Waals surface area contributed by atoms with Gasteiger partial charge in [-0.3, -0.25) is 4.90 Å². The molecule has 0 aliphatic carbocycles. The minimum Gasteiger partial charge on any atom is -0.508 e. The summed E-state index contributed by atoms with van der Waals surface area (Å²) in [4.78, 5) is 2.24. The molecule has 0 spiro atoms. The van der Waals surface area contributed by atoms with E-state index < -0.39 is 0 Å². The number of halogens is 1. The minimum atomic E-state index is 0.236. The fraction of sp³-hybridized carbons (Fsp3) is 0.200. The molecule has 0 radical (unpaired) electrons. The first kappa shape index (κ1) is 15.9. The van der Waals surface area contributed by atoms with E-state index in [1.807, 2.05) is 0 Å². The lowest BCUT2D eigenvalue weighted by molar-refractivity contribution is 0.254. The molecule has 0 saturated heterocycles. The number of rotatable bonds is 4. The van der Waals surface area contributed by atoms with Gasteiger partial charge >= 0.3 is 0 Å². The van der Waals surface area contributed by atoms with Crippen LogP contribution in [0.5, 0.6) is 5.75 Å². The van der Waals surface area contributed by atoms with Crippen molar-refractivity contribution in [2.24, 2.45) is 0 Å². The highest BCUT2D eigenvalue weighted by atomic mass is 35.5. The zero-order chi connectivity index (χ0) is 16.4. The summed E-state index contributed by atoms with van der Waals surface area (Å²) >= 11 is 6.25. The van der Waals surface area contributed by atoms with Crippen LogP contribution < -0.4 is 0 Å². The van der Waals surface area contributed by atoms with Crippen molar-refractivity contribution < 1.29 is 5.11 Å². The topological polar surface area (TPSA) is 23.5 Å². The van der Waals surface area contributed by atoms with Crippen LogP contribution in [0.15, 0.2) is 60.7 Å². The summed E-state index contributed by atoms with van der Waals surface area (Å²) in [6, 6.07) is 20.2. The molecule has 3 aromatic rings. The minimum absolute atomic E-state index is 0.236. The predicted molar refractivity (Wildman–Crippen MR) is 96.9 cm³/mol. The summed E-state index contributed by atoms with van der Waals surface area (Å²) in [5.74, 6) is 0.246. The Hall–Kier alpha value is -2.03. The number of nitrogens with zero attached hydrogens (tertiary/aromatic N) is 1. The fourth-order valence-corrected chi connectivity index (χ4v) is 3.12. The molecule has 0 aliphatic heterocycles. The molecule has 0 fully saturated rings. The monoisotopic (exact) mass is 325 g/mol. The Morgan fingerprint density at radius 2 is 1.78 bits per heavy atom. The molecule has 1 atom stereocenters. The Labute approximate surface area is 141 Å². The lowest BCUT2D eigenvalue weighted by Crippen LogP contribution is -2.22. The standard InChI is InChI=1S/C20H20ClNO/c1-14(18-9-5-7-15-6-3-4-8-19(15)18)22(2)13-16-12-17(23)10-11-20(16)21/h3-12,14,23H,13H2,1-2H3/t14-/m1/s1. The molecular formula is C20H20ClNO. The highest BCUT2D eigenvalue weighted by molar-refractivity contribution is 6.31. The van der Waals surface area contributed by atoms with Crippen LogP contribution in [-0.4, -0.2) is 17.1 Å². The van der Waals surface area contributed by atoms with E-state index in [4.69, 9.17) is 11.6 Å². The number of aromatic hydroxyl groups is 1. The van der Waals surface area contributed by atoms with Crippen LogP contribution in [0.3, 0.4) is 0 Å². The third-order valence-corrected chi connectivity index (χ3v) is 4.75. The van der Waals surface area contributed by atoms with Gasteiger partial charge in [-0.05, 0) is 54.1 Å². The van der Waals surface area contributed by atoms with Crippen LogP contribution in [0, 0.1) is 0 Å². The summed E-state index contributed by atoms with van der Waals surface area (Å²) in [5.41, 5.74) is 2.23. The fourth-order valence-electron chi connectivity index (χ4n) is 2.94. The van der Waals surface area contributed by atoms with Crippen molar-refractivity contribution in [1.29, 1.82) is 0 Å². The molecule has 2 nitrogen and oxygen atoms in total. The highest BCUT2D eigenvalue weighted by Crippen LogP contribution is 2.30. The van der Waals surface area contributed by atoms with Crippen LogP contribution >= 0.6 is 11.6 Å². The Kier molecular flexibility index (Phi) is 4.56. The maximum Gasteiger partial charge on any atom is 0.116 e. The molecule has 0 aliphatic rings. The largest absolute Gasteiger partial charge is 0.508 e. The number of phenols is 1. The van der Waals surface area contributed by atoms with Crippen molar-refractivity contribution in [3.8, 4) is 5.75 Å². The molecule has 0 aromatic heterocycles. The van der Waals surface area contributed by atoms with E-state index in [0.29, 0.717) is 11.6 Å². The smallest absolute Gasteiger partial charge is 0.116 e. The summed E-state index contributed by atoms with van der Waals surface area (Å²) in [5, 5.41) is 12.9. The Bertz CT molecular complexity index is 825. The predicted octanol–water partition coefficient (Wildman–Crippen LogP) is 5.39. The van der Waals surface area contributed by atoms with Gasteiger partial charge in [-0.25, -0.2) is 0 Å². The molecule has 1 N–H and O–H groups in total. The Morgan fingerprint density at radius 1 is 1.04 bits per heavy atom. The van der Waals surface area contributed by atoms with Crippen molar-refractivity contribution in [1.82, 2.24) is 4.90 Å². The maximum atomic E-state index is 9.67. The molecular weight excluding hydrogens is 306 g/mol.